The molecule has 0 saturated carbocycles. The highest BCUT2D eigenvalue weighted by Gasteiger charge is 2.12. The van der Waals surface area contributed by atoms with Crippen molar-refractivity contribution in [1.29, 1.82) is 0 Å². The molecule has 0 saturated heterocycles. The van der Waals surface area contributed by atoms with Gasteiger partial charge in [-0.15, -0.1) is 0 Å². The average Bonchev–Trinajstić information content (AvgIpc) is 2.81. The van der Waals surface area contributed by atoms with Gasteiger partial charge in [0, 0.05) is 28.9 Å². The summed E-state index contributed by atoms with van der Waals surface area (Å²) in [5.74, 6) is 1.30. The summed E-state index contributed by atoms with van der Waals surface area (Å²) in [6.07, 6.45) is 1.52. The number of nitrogens with one attached hydrogen (secondary N) is 2. The molecule has 0 fully saturated rings. The number of ether oxygens (including phenoxy) is 2. The molecule has 0 aliphatic carbocycles. The number of hydrogen-bond donors (Lipinski definition) is 2. The third kappa shape index (κ3) is 8.27. The molecule has 0 aliphatic heterocycles. The number of aromatic nitrogens is 4. The smallest absolute Gasteiger partial charge is 0.265 e. The number of benzene rings is 2. The normalized spacial score (nSPS) is 9.61. The number of hydrogen-bond acceptors (Lipinski definition) is 6. The minimum Gasteiger partial charge on any atom is -0.496 e. The van der Waals surface area contributed by atoms with Crippen LogP contribution in [0.15, 0.2) is 76.4 Å². The van der Waals surface area contributed by atoms with Gasteiger partial charge in [-0.3, -0.25) is 9.59 Å². The number of halogens is 3. The van der Waals surface area contributed by atoms with Gasteiger partial charge in [0.15, 0.2) is 0 Å². The minimum atomic E-state index is -0.361. The van der Waals surface area contributed by atoms with E-state index in [2.05, 4.69) is 20.4 Å². The molecule has 2 heterocycles. The van der Waals surface area contributed by atoms with Gasteiger partial charge < -0.3 is 9.47 Å². The van der Waals surface area contributed by atoms with Crippen molar-refractivity contribution in [3.63, 3.8) is 0 Å². The predicted molar refractivity (Wildman–Crippen MR) is 130 cm³/mol. The molecule has 0 atom stereocenters. The van der Waals surface area contributed by atoms with Gasteiger partial charge >= 0.3 is 0 Å². The molecule has 0 radical (unpaired) electrons. The molecule has 0 amide bonds. The fourth-order valence-electron chi connectivity index (χ4n) is 2.36. The lowest BCUT2D eigenvalue weighted by molar-refractivity contribution is 0.415. The molecule has 4 rings (SSSR count). The second kappa shape index (κ2) is 13.3. The lowest BCUT2D eigenvalue weighted by Gasteiger charge is -2.08. The van der Waals surface area contributed by atoms with E-state index >= 15 is 0 Å². The second-order valence-corrected chi connectivity index (χ2v) is 7.27. The van der Waals surface area contributed by atoms with Crippen LogP contribution in [0.5, 0.6) is 11.5 Å². The molecule has 0 bridgehead atoms. The van der Waals surface area contributed by atoms with Crippen molar-refractivity contribution >= 4 is 34.8 Å². The molecule has 0 spiro atoms. The van der Waals surface area contributed by atoms with Crippen LogP contribution in [0, 0.1) is 0 Å². The first-order valence-electron chi connectivity index (χ1n) is 9.23. The van der Waals surface area contributed by atoms with Crippen LogP contribution in [0.25, 0.3) is 11.3 Å². The third-order valence-corrected chi connectivity index (χ3v) is 4.65. The zero-order valence-corrected chi connectivity index (χ0v) is 19.8. The van der Waals surface area contributed by atoms with E-state index in [0.717, 1.165) is 5.75 Å². The topological polar surface area (TPSA) is 110 Å². The summed E-state index contributed by atoms with van der Waals surface area (Å²) in [5, 5.41) is 13.3. The highest BCUT2D eigenvalue weighted by atomic mass is 35.5. The Bertz CT molecular complexity index is 1280. The van der Waals surface area contributed by atoms with Crippen molar-refractivity contribution in [1.82, 2.24) is 20.4 Å². The van der Waals surface area contributed by atoms with Gasteiger partial charge in [-0.25, -0.2) is 10.2 Å². The van der Waals surface area contributed by atoms with E-state index in [1.165, 1.54) is 25.4 Å². The van der Waals surface area contributed by atoms with Crippen molar-refractivity contribution < 1.29 is 9.47 Å². The molecular weight excluding hydrogens is 491 g/mol. The van der Waals surface area contributed by atoms with Crippen LogP contribution in [0.3, 0.4) is 0 Å². The van der Waals surface area contributed by atoms with E-state index in [0.29, 0.717) is 27.1 Å². The first-order valence-corrected chi connectivity index (χ1v) is 10.4. The van der Waals surface area contributed by atoms with E-state index < -0.39 is 0 Å². The van der Waals surface area contributed by atoms with Crippen LogP contribution in [0.4, 0.5) is 0 Å². The standard InChI is InChI=1S/C11H8Cl2N2O2.C7H7ClO.C4H4N2O/c1-17-9-3-2-6(12)4-7(9)11-8(13)5-10(16)14-15-11;1-9-7-5-3-2-4-6(7)8;7-4-2-1-3-5-6-4/h2-5H,1H3,(H,14,16);2-5H,1H3;1-3H,(H,6,7). The Kier molecular flexibility index (Phi) is 10.4. The highest BCUT2D eigenvalue weighted by Crippen LogP contribution is 2.34. The first-order chi connectivity index (χ1) is 15.8. The van der Waals surface area contributed by atoms with Crippen LogP contribution in [-0.2, 0) is 0 Å². The van der Waals surface area contributed by atoms with Gasteiger partial charge in [0.05, 0.1) is 24.3 Å². The van der Waals surface area contributed by atoms with Crippen LogP contribution < -0.4 is 20.6 Å². The number of rotatable bonds is 3. The molecule has 8 nitrogen and oxygen atoms in total. The SMILES string of the molecule is COc1ccc(Cl)cc1-c1n[nH]c(=O)cc1Cl.COc1ccccc1Cl.O=c1cccn[nH]1. The molecule has 11 heteroatoms. The van der Waals surface area contributed by atoms with E-state index in [9.17, 15) is 9.59 Å². The average molecular weight is 510 g/mol. The van der Waals surface area contributed by atoms with Crippen molar-refractivity contribution in [3.05, 3.63) is 103 Å². The minimum absolute atomic E-state index is 0.164. The lowest BCUT2D eigenvalue weighted by Crippen LogP contribution is -2.07. The summed E-state index contributed by atoms with van der Waals surface area (Å²) in [6.45, 7) is 0. The maximum absolute atomic E-state index is 11.0. The molecule has 4 aromatic rings. The lowest BCUT2D eigenvalue weighted by atomic mass is 10.1. The fourth-order valence-corrected chi connectivity index (χ4v) is 2.98. The molecule has 0 unspecified atom stereocenters. The van der Waals surface area contributed by atoms with E-state index in [4.69, 9.17) is 44.3 Å². The molecule has 0 aliphatic rings. The monoisotopic (exact) mass is 508 g/mol. The number of aromatic amines is 2. The third-order valence-electron chi connectivity index (χ3n) is 3.82. The Labute approximate surface area is 204 Å². The summed E-state index contributed by atoms with van der Waals surface area (Å²) in [4.78, 5) is 21.2. The van der Waals surface area contributed by atoms with Crippen molar-refractivity contribution in [2.24, 2.45) is 0 Å². The van der Waals surface area contributed by atoms with Crippen molar-refractivity contribution in [2.75, 3.05) is 14.2 Å². The van der Waals surface area contributed by atoms with Gasteiger partial charge in [-0.05, 0) is 36.4 Å². The number of para-hydroxylation sites is 1. The maximum Gasteiger partial charge on any atom is 0.265 e. The highest BCUT2D eigenvalue weighted by molar-refractivity contribution is 6.33. The van der Waals surface area contributed by atoms with Crippen LogP contribution in [0.1, 0.15) is 0 Å². The molecule has 172 valence electrons. The zero-order chi connectivity index (χ0) is 24.2. The summed E-state index contributed by atoms with van der Waals surface area (Å²) in [5.41, 5.74) is 0.522. The van der Waals surface area contributed by atoms with E-state index in [1.807, 2.05) is 18.2 Å². The van der Waals surface area contributed by atoms with Gasteiger partial charge in [-0.2, -0.15) is 10.2 Å². The Hall–Kier alpha value is -3.33. The molecule has 2 aromatic heterocycles. The van der Waals surface area contributed by atoms with Gasteiger partial charge in [0.25, 0.3) is 11.1 Å². The molecular formula is C22H19Cl3N4O4. The summed E-state index contributed by atoms with van der Waals surface area (Å²) < 4.78 is 10.1. The van der Waals surface area contributed by atoms with E-state index in [-0.39, 0.29) is 16.1 Å². The fraction of sp³-hybridized carbons (Fsp3) is 0.0909. The van der Waals surface area contributed by atoms with E-state index in [1.54, 1.807) is 37.4 Å². The Morgan fingerprint density at radius 2 is 1.48 bits per heavy atom. The second-order valence-electron chi connectivity index (χ2n) is 6.02. The Morgan fingerprint density at radius 1 is 0.758 bits per heavy atom. The van der Waals surface area contributed by atoms with Crippen LogP contribution >= 0.6 is 34.8 Å². The molecule has 2 aromatic carbocycles. The van der Waals surface area contributed by atoms with Gasteiger partial charge in [0.2, 0.25) is 0 Å². The predicted octanol–water partition coefficient (Wildman–Crippen LogP) is 4.87. The summed E-state index contributed by atoms with van der Waals surface area (Å²) in [6, 6.07) is 16.7. The molecule has 33 heavy (non-hydrogen) atoms. The van der Waals surface area contributed by atoms with Crippen molar-refractivity contribution in [2.45, 2.75) is 0 Å². The zero-order valence-electron chi connectivity index (χ0n) is 17.5. The van der Waals surface area contributed by atoms with Crippen molar-refractivity contribution in [3.8, 4) is 22.8 Å². The van der Waals surface area contributed by atoms with Crippen LogP contribution in [0.2, 0.25) is 15.1 Å². The Balaban J connectivity index is 0.000000201. The summed E-state index contributed by atoms with van der Waals surface area (Å²) in [7, 11) is 3.13. The maximum atomic E-state index is 11.0. The van der Waals surface area contributed by atoms with Gasteiger partial charge in [0.1, 0.15) is 17.2 Å². The first kappa shape index (κ1) is 25.9. The largest absolute Gasteiger partial charge is 0.496 e. The quantitative estimate of drug-likeness (QED) is 0.408. The van der Waals surface area contributed by atoms with Gasteiger partial charge in [-0.1, -0.05) is 46.9 Å². The number of H-pyrrole nitrogens is 2. The Morgan fingerprint density at radius 3 is 2.00 bits per heavy atom. The van der Waals surface area contributed by atoms with Crippen LogP contribution in [-0.4, -0.2) is 34.6 Å². The number of methoxy groups -OCH3 is 2. The molecule has 2 N–H and O–H groups in total. The number of nitrogens with zero attached hydrogens (tertiary/aromatic N) is 2. The summed E-state index contributed by atoms with van der Waals surface area (Å²) >= 11 is 17.6.